The Labute approximate surface area is 136 Å². The van der Waals surface area contributed by atoms with E-state index in [2.05, 4.69) is 30.9 Å². The van der Waals surface area contributed by atoms with Crippen LogP contribution in [0.1, 0.15) is 41.4 Å². The Morgan fingerprint density at radius 2 is 2.05 bits per heavy atom. The van der Waals surface area contributed by atoms with Gasteiger partial charge in [0.1, 0.15) is 5.82 Å². The first kappa shape index (κ1) is 15.6. The molecule has 3 atom stereocenters. The van der Waals surface area contributed by atoms with Gasteiger partial charge < -0.3 is 5.32 Å². The summed E-state index contributed by atoms with van der Waals surface area (Å²) in [6.07, 6.45) is 3.52. The Kier molecular flexibility index (Phi) is 5.12. The summed E-state index contributed by atoms with van der Waals surface area (Å²) in [5.74, 6) is 4.32. The maximum Gasteiger partial charge on any atom is 0.142 e. The molecule has 0 saturated carbocycles. The van der Waals surface area contributed by atoms with Gasteiger partial charge in [-0.2, -0.15) is 11.8 Å². The van der Waals surface area contributed by atoms with Crippen molar-refractivity contribution in [2.75, 3.05) is 25.1 Å². The van der Waals surface area contributed by atoms with Crippen molar-refractivity contribution >= 4 is 23.5 Å². The summed E-state index contributed by atoms with van der Waals surface area (Å²) in [4.78, 5) is 9.87. The molecule has 1 aromatic rings. The molecule has 2 heterocycles. The van der Waals surface area contributed by atoms with Crippen LogP contribution < -0.4 is 5.32 Å². The molecule has 0 bridgehead atoms. The number of aromatic nitrogens is 2. The number of thioether (sulfide) groups is 2. The molecule has 3 unspecified atom stereocenters. The minimum atomic E-state index is 0.475. The molecule has 1 N–H and O–H groups in total. The number of hydrogen-bond donors (Lipinski definition) is 1. The van der Waals surface area contributed by atoms with Gasteiger partial charge in [0.15, 0.2) is 0 Å². The molecular weight excluding hydrogens is 298 g/mol. The number of nitrogens with one attached hydrogen (secondary N) is 1. The van der Waals surface area contributed by atoms with Gasteiger partial charge in [0.05, 0.1) is 5.25 Å². The lowest BCUT2D eigenvalue weighted by Gasteiger charge is -2.29. The van der Waals surface area contributed by atoms with Crippen molar-refractivity contribution in [3.8, 4) is 0 Å². The van der Waals surface area contributed by atoms with Gasteiger partial charge in [-0.1, -0.05) is 6.92 Å². The topological polar surface area (TPSA) is 37.8 Å². The van der Waals surface area contributed by atoms with E-state index >= 15 is 0 Å². The van der Waals surface area contributed by atoms with Gasteiger partial charge in [-0.15, -0.1) is 11.8 Å². The number of nitrogens with zero attached hydrogens (tertiary/aromatic N) is 2. The molecule has 2 aliphatic rings. The molecule has 0 radical (unpaired) electrons. The van der Waals surface area contributed by atoms with Crippen molar-refractivity contribution in [1.29, 1.82) is 0 Å². The van der Waals surface area contributed by atoms with Crippen LogP contribution in [0.15, 0.2) is 0 Å². The molecule has 1 aromatic heterocycles. The van der Waals surface area contributed by atoms with Crippen molar-refractivity contribution in [1.82, 2.24) is 15.3 Å². The molecule has 3 nitrogen and oxygen atoms in total. The number of aryl methyl sites for hydroxylation is 2. The molecule has 21 heavy (non-hydrogen) atoms. The Bertz CT molecular complexity index is 507. The minimum absolute atomic E-state index is 0.475. The maximum atomic E-state index is 4.98. The molecule has 1 saturated heterocycles. The lowest BCUT2D eigenvalue weighted by Crippen LogP contribution is -2.27. The predicted molar refractivity (Wildman–Crippen MR) is 93.3 cm³/mol. The van der Waals surface area contributed by atoms with E-state index in [1.807, 2.05) is 18.8 Å². The van der Waals surface area contributed by atoms with Crippen molar-refractivity contribution in [2.24, 2.45) is 5.92 Å². The zero-order chi connectivity index (χ0) is 14.8. The van der Waals surface area contributed by atoms with Crippen molar-refractivity contribution in [2.45, 2.75) is 43.6 Å². The fourth-order valence-corrected chi connectivity index (χ4v) is 6.08. The van der Waals surface area contributed by atoms with Gasteiger partial charge >= 0.3 is 0 Å². The molecule has 0 spiro atoms. The number of rotatable bonds is 3. The first-order valence-electron chi connectivity index (χ1n) is 7.93. The van der Waals surface area contributed by atoms with E-state index in [0.717, 1.165) is 31.1 Å². The zero-order valence-corrected chi connectivity index (χ0v) is 14.8. The van der Waals surface area contributed by atoms with Gasteiger partial charge in [0.2, 0.25) is 0 Å². The second-order valence-electron chi connectivity index (χ2n) is 6.13. The second-order valence-corrected chi connectivity index (χ2v) is 8.86. The highest BCUT2D eigenvalue weighted by atomic mass is 32.2. The molecule has 116 valence electrons. The summed E-state index contributed by atoms with van der Waals surface area (Å²) < 4.78 is 0. The smallest absolute Gasteiger partial charge is 0.142 e. The van der Waals surface area contributed by atoms with Crippen LogP contribution in [0.2, 0.25) is 0 Å². The predicted octanol–water partition coefficient (Wildman–Crippen LogP) is 3.02. The van der Waals surface area contributed by atoms with Crippen molar-refractivity contribution in [3.05, 3.63) is 22.8 Å². The van der Waals surface area contributed by atoms with E-state index in [1.54, 1.807) is 0 Å². The Hall–Kier alpha value is -0.260. The summed E-state index contributed by atoms with van der Waals surface area (Å²) in [5, 5.41) is 4.41. The standard InChI is InChI=1S/C16H25N3S2/c1-10-13-8-12(9-17-3)4-5-14(13)19-16(18-10)15-11(2)20-6-7-21-15/h11-12,15,17H,4-9H2,1-3H3. The Morgan fingerprint density at radius 3 is 2.81 bits per heavy atom. The third-order valence-electron chi connectivity index (χ3n) is 4.53. The Balaban J connectivity index is 1.85. The fraction of sp³-hybridized carbons (Fsp3) is 0.750. The molecule has 3 rings (SSSR count). The van der Waals surface area contributed by atoms with Crippen LogP contribution >= 0.6 is 23.5 Å². The van der Waals surface area contributed by atoms with Crippen LogP contribution in [0.5, 0.6) is 0 Å². The van der Waals surface area contributed by atoms with Crippen LogP contribution in [-0.4, -0.2) is 40.3 Å². The summed E-state index contributed by atoms with van der Waals surface area (Å²) >= 11 is 4.10. The molecule has 1 aliphatic heterocycles. The summed E-state index contributed by atoms with van der Waals surface area (Å²) in [6.45, 7) is 5.60. The van der Waals surface area contributed by atoms with Crippen LogP contribution in [0.3, 0.4) is 0 Å². The molecular formula is C16H25N3S2. The van der Waals surface area contributed by atoms with E-state index in [0.29, 0.717) is 10.5 Å². The quantitative estimate of drug-likeness (QED) is 0.925. The van der Waals surface area contributed by atoms with Gasteiger partial charge in [-0.25, -0.2) is 9.97 Å². The SMILES string of the molecule is CNCC1CCc2nc(C3SCCSC3C)nc(C)c2C1. The summed E-state index contributed by atoms with van der Waals surface area (Å²) in [6, 6.07) is 0. The first-order valence-corrected chi connectivity index (χ1v) is 10.0. The third-order valence-corrected chi connectivity index (χ3v) is 7.62. The molecule has 5 heteroatoms. The van der Waals surface area contributed by atoms with E-state index in [1.165, 1.54) is 34.9 Å². The highest BCUT2D eigenvalue weighted by molar-refractivity contribution is 8.06. The maximum absolute atomic E-state index is 4.98. The number of hydrogen-bond acceptors (Lipinski definition) is 5. The normalized spacial score (nSPS) is 29.2. The molecule has 1 fully saturated rings. The van der Waals surface area contributed by atoms with Gasteiger partial charge in [0.25, 0.3) is 0 Å². The third kappa shape index (κ3) is 3.40. The fourth-order valence-electron chi connectivity index (χ4n) is 3.39. The van der Waals surface area contributed by atoms with Gasteiger partial charge in [0, 0.05) is 28.1 Å². The van der Waals surface area contributed by atoms with Crippen molar-refractivity contribution in [3.63, 3.8) is 0 Å². The van der Waals surface area contributed by atoms with E-state index in [4.69, 9.17) is 9.97 Å². The van der Waals surface area contributed by atoms with Gasteiger partial charge in [-0.05, 0) is 51.3 Å². The highest BCUT2D eigenvalue weighted by Gasteiger charge is 2.29. The van der Waals surface area contributed by atoms with E-state index in [9.17, 15) is 0 Å². The van der Waals surface area contributed by atoms with Crippen LogP contribution in [0, 0.1) is 12.8 Å². The van der Waals surface area contributed by atoms with Crippen LogP contribution in [0.4, 0.5) is 0 Å². The minimum Gasteiger partial charge on any atom is -0.319 e. The first-order chi connectivity index (χ1) is 10.2. The van der Waals surface area contributed by atoms with Crippen LogP contribution in [-0.2, 0) is 12.8 Å². The average Bonchev–Trinajstić information content (AvgIpc) is 2.48. The van der Waals surface area contributed by atoms with Crippen molar-refractivity contribution < 1.29 is 0 Å². The lowest BCUT2D eigenvalue weighted by atomic mass is 9.85. The number of fused-ring (bicyclic) bond motifs is 1. The molecule has 1 aliphatic carbocycles. The van der Waals surface area contributed by atoms with E-state index < -0.39 is 0 Å². The zero-order valence-electron chi connectivity index (χ0n) is 13.2. The Morgan fingerprint density at radius 1 is 1.24 bits per heavy atom. The highest BCUT2D eigenvalue weighted by Crippen LogP contribution is 2.41. The summed E-state index contributed by atoms with van der Waals surface area (Å²) in [5.41, 5.74) is 3.97. The van der Waals surface area contributed by atoms with Gasteiger partial charge in [-0.3, -0.25) is 0 Å². The second kappa shape index (κ2) is 6.88. The largest absolute Gasteiger partial charge is 0.319 e. The average molecular weight is 324 g/mol. The molecule has 0 amide bonds. The monoisotopic (exact) mass is 323 g/mol. The lowest BCUT2D eigenvalue weighted by molar-refractivity contribution is 0.431. The summed E-state index contributed by atoms with van der Waals surface area (Å²) in [7, 11) is 2.04. The molecule has 0 aromatic carbocycles. The van der Waals surface area contributed by atoms with E-state index in [-0.39, 0.29) is 0 Å². The van der Waals surface area contributed by atoms with Crippen LogP contribution in [0.25, 0.3) is 0 Å².